The number of benzene rings is 2. The van der Waals surface area contributed by atoms with Gasteiger partial charge in [0, 0.05) is 24.4 Å². The Morgan fingerprint density at radius 3 is 2.48 bits per heavy atom. The Kier molecular flexibility index (Phi) is 5.73. The molecule has 0 aromatic heterocycles. The van der Waals surface area contributed by atoms with Crippen LogP contribution in [0.1, 0.15) is 20.3 Å². The molecule has 0 aliphatic carbocycles. The van der Waals surface area contributed by atoms with E-state index in [9.17, 15) is 8.42 Å². The fourth-order valence-corrected chi connectivity index (χ4v) is 5.80. The number of sulfonamides is 1. The molecule has 1 aliphatic heterocycles. The zero-order valence-corrected chi connectivity index (χ0v) is 16.5. The summed E-state index contributed by atoms with van der Waals surface area (Å²) in [6, 6.07) is 13.2. The number of rotatable bonds is 6. The van der Waals surface area contributed by atoms with Gasteiger partial charge in [0.25, 0.3) is 0 Å². The lowest BCUT2D eigenvalue weighted by Gasteiger charge is -2.29. The first-order valence-corrected chi connectivity index (χ1v) is 10.8. The molecule has 1 heterocycles. The highest BCUT2D eigenvalue weighted by atomic mass is 32.2. The molecule has 0 unspecified atom stereocenters. The lowest BCUT2D eigenvalue weighted by molar-refractivity contribution is 0.237. The van der Waals surface area contributed by atoms with Crippen molar-refractivity contribution in [2.75, 3.05) is 26.2 Å². The monoisotopic (exact) mass is 378 g/mol. The first kappa shape index (κ1) is 18.7. The number of thiol groups is 1. The molecule has 1 fully saturated rings. The Morgan fingerprint density at radius 1 is 1.12 bits per heavy atom. The minimum absolute atomic E-state index is 0.0149. The zero-order chi connectivity index (χ0) is 18.0. The van der Waals surface area contributed by atoms with E-state index in [1.165, 1.54) is 0 Å². The van der Waals surface area contributed by atoms with E-state index in [1.54, 1.807) is 16.4 Å². The number of likely N-dealkylation sites (N-methyl/N-ethyl adjacent to an activating group) is 1. The van der Waals surface area contributed by atoms with Crippen LogP contribution in [0.5, 0.6) is 0 Å². The number of nitrogens with zero attached hydrogens (tertiary/aromatic N) is 2. The molecule has 0 spiro atoms. The summed E-state index contributed by atoms with van der Waals surface area (Å²) in [5, 5.41) is 2.09. The van der Waals surface area contributed by atoms with E-state index >= 15 is 0 Å². The van der Waals surface area contributed by atoms with Gasteiger partial charge in [0.05, 0.1) is 4.90 Å². The second kappa shape index (κ2) is 7.66. The fourth-order valence-electron chi connectivity index (χ4n) is 3.57. The van der Waals surface area contributed by atoms with Crippen LogP contribution in [0.25, 0.3) is 10.8 Å². The molecule has 0 radical (unpaired) electrons. The second-order valence-electron chi connectivity index (χ2n) is 6.61. The van der Waals surface area contributed by atoms with Crippen LogP contribution in [0.15, 0.2) is 47.4 Å². The molecule has 2 aromatic carbocycles. The van der Waals surface area contributed by atoms with Crippen molar-refractivity contribution in [1.29, 1.82) is 0 Å². The van der Waals surface area contributed by atoms with Crippen molar-refractivity contribution in [3.63, 3.8) is 0 Å². The normalized spacial score (nSPS) is 22.1. The highest BCUT2D eigenvalue weighted by Crippen LogP contribution is 2.30. The molecule has 25 heavy (non-hydrogen) atoms. The molecule has 2 aromatic rings. The summed E-state index contributed by atoms with van der Waals surface area (Å²) in [5.41, 5.74) is 0. The summed E-state index contributed by atoms with van der Waals surface area (Å²) in [5.74, 6) is 0. The molecule has 0 N–H and O–H groups in total. The van der Waals surface area contributed by atoms with Crippen molar-refractivity contribution >= 4 is 33.4 Å². The van der Waals surface area contributed by atoms with Crippen molar-refractivity contribution < 1.29 is 8.42 Å². The fraction of sp³-hybridized carbons (Fsp3) is 0.474. The van der Waals surface area contributed by atoms with Gasteiger partial charge in [0.1, 0.15) is 0 Å². The predicted octanol–water partition coefficient (Wildman–Crippen LogP) is 3.24. The van der Waals surface area contributed by atoms with E-state index in [4.69, 9.17) is 0 Å². The van der Waals surface area contributed by atoms with Crippen LogP contribution >= 0.6 is 12.6 Å². The zero-order valence-electron chi connectivity index (χ0n) is 14.8. The Morgan fingerprint density at radius 2 is 1.80 bits per heavy atom. The van der Waals surface area contributed by atoms with Crippen LogP contribution < -0.4 is 0 Å². The smallest absolute Gasteiger partial charge is 0.243 e. The van der Waals surface area contributed by atoms with Gasteiger partial charge in [-0.3, -0.25) is 0 Å². The molecular formula is C19H26N2O2S2. The van der Waals surface area contributed by atoms with Gasteiger partial charge >= 0.3 is 0 Å². The van der Waals surface area contributed by atoms with E-state index in [-0.39, 0.29) is 11.3 Å². The minimum atomic E-state index is -3.52. The molecule has 4 nitrogen and oxygen atoms in total. The summed E-state index contributed by atoms with van der Waals surface area (Å²) in [4.78, 5) is 2.65. The third-order valence-electron chi connectivity index (χ3n) is 5.03. The van der Waals surface area contributed by atoms with Gasteiger partial charge in [-0.05, 0) is 42.4 Å². The lowest BCUT2D eigenvalue weighted by atomic mass is 10.1. The summed E-state index contributed by atoms with van der Waals surface area (Å²) in [6.07, 6.45) is 0.798. The molecule has 1 aliphatic rings. The molecule has 1 saturated heterocycles. The summed E-state index contributed by atoms with van der Waals surface area (Å²) >= 11 is 4.57. The maximum Gasteiger partial charge on any atom is 0.243 e. The van der Waals surface area contributed by atoms with E-state index in [0.717, 1.165) is 36.8 Å². The van der Waals surface area contributed by atoms with Crippen LogP contribution in [0, 0.1) is 0 Å². The van der Waals surface area contributed by atoms with Crippen molar-refractivity contribution in [3.8, 4) is 0 Å². The maximum atomic E-state index is 13.3. The highest BCUT2D eigenvalue weighted by Gasteiger charge is 2.39. The van der Waals surface area contributed by atoms with Crippen molar-refractivity contribution in [3.05, 3.63) is 42.5 Å². The summed E-state index contributed by atoms with van der Waals surface area (Å²) in [6.45, 7) is 7.31. The van der Waals surface area contributed by atoms with Gasteiger partial charge in [-0.25, -0.2) is 8.42 Å². The molecule has 0 saturated carbocycles. The van der Waals surface area contributed by atoms with Gasteiger partial charge in [0.2, 0.25) is 10.0 Å². The van der Waals surface area contributed by atoms with Gasteiger partial charge in [-0.1, -0.05) is 44.2 Å². The van der Waals surface area contributed by atoms with E-state index < -0.39 is 10.0 Å². The molecular weight excluding hydrogens is 352 g/mol. The summed E-state index contributed by atoms with van der Waals surface area (Å²) in [7, 11) is -3.52. The Bertz CT molecular complexity index is 834. The van der Waals surface area contributed by atoms with Crippen LogP contribution in [0.3, 0.4) is 0 Å². The summed E-state index contributed by atoms with van der Waals surface area (Å²) < 4.78 is 28.2. The largest absolute Gasteiger partial charge is 0.302 e. The topological polar surface area (TPSA) is 40.6 Å². The SMILES string of the molecule is CCN(CC)C[C@@H]1C[C@@H](S)CN1S(=O)(=O)c1ccc2ccccc2c1. The van der Waals surface area contributed by atoms with Crippen LogP contribution in [-0.2, 0) is 10.0 Å². The first-order chi connectivity index (χ1) is 12.0. The molecule has 3 rings (SSSR count). The maximum absolute atomic E-state index is 13.3. The number of hydrogen-bond acceptors (Lipinski definition) is 4. The van der Waals surface area contributed by atoms with Gasteiger partial charge in [-0.2, -0.15) is 16.9 Å². The molecule has 2 atom stereocenters. The van der Waals surface area contributed by atoms with E-state index in [0.29, 0.717) is 11.4 Å². The van der Waals surface area contributed by atoms with Crippen LogP contribution in [0.2, 0.25) is 0 Å². The van der Waals surface area contributed by atoms with Crippen molar-refractivity contribution in [2.24, 2.45) is 0 Å². The third kappa shape index (κ3) is 3.87. The molecule has 0 amide bonds. The molecule has 136 valence electrons. The van der Waals surface area contributed by atoms with E-state index in [2.05, 4.69) is 31.4 Å². The minimum Gasteiger partial charge on any atom is -0.302 e. The van der Waals surface area contributed by atoms with Crippen molar-refractivity contribution in [1.82, 2.24) is 9.21 Å². The lowest BCUT2D eigenvalue weighted by Crippen LogP contribution is -2.43. The molecule has 0 bridgehead atoms. The molecule has 6 heteroatoms. The Hall–Kier alpha value is -1.08. The predicted molar refractivity (Wildman–Crippen MR) is 107 cm³/mol. The first-order valence-electron chi connectivity index (χ1n) is 8.86. The number of hydrogen-bond donors (Lipinski definition) is 1. The van der Waals surface area contributed by atoms with Gasteiger partial charge in [0.15, 0.2) is 0 Å². The highest BCUT2D eigenvalue weighted by molar-refractivity contribution is 7.89. The average Bonchev–Trinajstić information content (AvgIpc) is 3.00. The quantitative estimate of drug-likeness (QED) is 0.785. The van der Waals surface area contributed by atoms with Gasteiger partial charge in [-0.15, -0.1) is 0 Å². The average molecular weight is 379 g/mol. The van der Waals surface area contributed by atoms with Crippen LogP contribution in [-0.4, -0.2) is 55.1 Å². The Labute approximate surface area is 156 Å². The van der Waals surface area contributed by atoms with Gasteiger partial charge < -0.3 is 4.90 Å². The standard InChI is InChI=1S/C19H26N2O2S2/c1-3-20(4-2)13-17-12-18(24)14-21(17)25(22,23)19-10-9-15-7-5-6-8-16(15)11-19/h5-11,17-18,24H,3-4,12-14H2,1-2H3/t17-,18+/m0/s1. The number of fused-ring (bicyclic) bond motifs is 1. The second-order valence-corrected chi connectivity index (χ2v) is 9.23. The van der Waals surface area contributed by atoms with Crippen molar-refractivity contribution in [2.45, 2.75) is 36.5 Å². The van der Waals surface area contributed by atoms with Crippen LogP contribution in [0.4, 0.5) is 0 Å². The third-order valence-corrected chi connectivity index (χ3v) is 7.32. The Balaban J connectivity index is 1.93. The van der Waals surface area contributed by atoms with E-state index in [1.807, 2.05) is 30.3 Å².